The third-order valence-corrected chi connectivity index (χ3v) is 6.32. The van der Waals surface area contributed by atoms with E-state index in [-0.39, 0.29) is 28.4 Å². The summed E-state index contributed by atoms with van der Waals surface area (Å²) in [5.74, 6) is -0.118. The largest absolute Gasteiger partial charge is 0.507 e. The molecule has 0 heterocycles. The molecule has 0 aliphatic heterocycles. The van der Waals surface area contributed by atoms with Gasteiger partial charge in [0.2, 0.25) is 0 Å². The number of nitrogens with one attached hydrogen (secondary N) is 1. The van der Waals surface area contributed by atoms with Crippen LogP contribution in [0.5, 0.6) is 5.75 Å². The van der Waals surface area contributed by atoms with Crippen LogP contribution in [-0.4, -0.2) is 16.7 Å². The van der Waals surface area contributed by atoms with Gasteiger partial charge in [0.15, 0.2) is 11.6 Å². The quantitative estimate of drug-likeness (QED) is 0.419. The minimum atomic E-state index is -0.325. The number of carbonyl (C=O) groups excluding carboxylic acids is 2. The Labute approximate surface area is 175 Å². The van der Waals surface area contributed by atoms with Gasteiger partial charge in [-0.05, 0) is 48.6 Å². The fourth-order valence-corrected chi connectivity index (χ4v) is 4.74. The number of hydrogen-bond acceptors (Lipinski definition) is 4. The van der Waals surface area contributed by atoms with Crippen LogP contribution in [0.25, 0.3) is 0 Å². The summed E-state index contributed by atoms with van der Waals surface area (Å²) < 4.78 is 0. The number of hydrogen-bond donors (Lipinski definition) is 2. The van der Waals surface area contributed by atoms with Crippen LogP contribution in [0.15, 0.2) is 60.7 Å². The smallest absolute Gasteiger partial charge is 0.198 e. The van der Waals surface area contributed by atoms with Gasteiger partial charge in [-0.1, -0.05) is 55.7 Å². The lowest BCUT2D eigenvalue weighted by atomic mass is 9.82. The summed E-state index contributed by atoms with van der Waals surface area (Å²) in [5.41, 5.74) is 3.74. The van der Waals surface area contributed by atoms with Crippen molar-refractivity contribution in [3.8, 4) is 5.75 Å². The van der Waals surface area contributed by atoms with Crippen molar-refractivity contribution in [1.29, 1.82) is 0 Å². The molecule has 0 atom stereocenters. The SMILES string of the molecule is O=C1c2ccccc2C(=O)c2c(Nc3ccc(C4CCCCC4)cc3)ccc(O)c21. The number of carbonyl (C=O) groups is 2. The van der Waals surface area contributed by atoms with Crippen molar-refractivity contribution in [3.05, 3.63) is 88.5 Å². The molecular weight excluding hydrogens is 374 g/mol. The summed E-state index contributed by atoms with van der Waals surface area (Å²) >= 11 is 0. The summed E-state index contributed by atoms with van der Waals surface area (Å²) in [5, 5.41) is 13.6. The van der Waals surface area contributed by atoms with Crippen molar-refractivity contribution < 1.29 is 14.7 Å². The number of rotatable bonds is 3. The van der Waals surface area contributed by atoms with E-state index in [1.54, 1.807) is 30.3 Å². The highest BCUT2D eigenvalue weighted by atomic mass is 16.3. The summed E-state index contributed by atoms with van der Waals surface area (Å²) in [7, 11) is 0. The van der Waals surface area contributed by atoms with Crippen LogP contribution in [0.4, 0.5) is 11.4 Å². The molecule has 2 aliphatic rings. The predicted molar refractivity (Wildman–Crippen MR) is 117 cm³/mol. The van der Waals surface area contributed by atoms with Gasteiger partial charge < -0.3 is 10.4 Å². The molecule has 0 spiro atoms. The molecule has 3 aromatic carbocycles. The third kappa shape index (κ3) is 3.09. The maximum absolute atomic E-state index is 13.2. The Kier molecular flexibility index (Phi) is 4.62. The van der Waals surface area contributed by atoms with E-state index < -0.39 is 0 Å². The fourth-order valence-electron chi connectivity index (χ4n) is 4.74. The number of aromatic hydroxyl groups is 1. The number of fused-ring (bicyclic) bond motifs is 2. The predicted octanol–water partition coefficient (Wildman–Crippen LogP) is 5.96. The molecule has 1 fully saturated rings. The van der Waals surface area contributed by atoms with Gasteiger partial charge in [0, 0.05) is 16.8 Å². The minimum Gasteiger partial charge on any atom is -0.507 e. The van der Waals surface area contributed by atoms with Crippen LogP contribution in [0.3, 0.4) is 0 Å². The Morgan fingerprint density at radius 3 is 2.03 bits per heavy atom. The second-order valence-electron chi connectivity index (χ2n) is 8.17. The highest BCUT2D eigenvalue weighted by Crippen LogP contribution is 2.38. The molecule has 30 heavy (non-hydrogen) atoms. The third-order valence-electron chi connectivity index (χ3n) is 6.32. The van der Waals surface area contributed by atoms with E-state index in [2.05, 4.69) is 17.4 Å². The molecule has 2 aliphatic carbocycles. The van der Waals surface area contributed by atoms with Crippen LogP contribution >= 0.6 is 0 Å². The van der Waals surface area contributed by atoms with Gasteiger partial charge in [0.25, 0.3) is 0 Å². The second kappa shape index (κ2) is 7.45. The molecule has 0 aromatic heterocycles. The molecule has 0 radical (unpaired) electrons. The van der Waals surface area contributed by atoms with Crippen LogP contribution in [-0.2, 0) is 0 Å². The zero-order valence-corrected chi connectivity index (χ0v) is 16.7. The first kappa shape index (κ1) is 18.6. The van der Waals surface area contributed by atoms with Gasteiger partial charge in [-0.2, -0.15) is 0 Å². The highest BCUT2D eigenvalue weighted by Gasteiger charge is 2.34. The van der Waals surface area contributed by atoms with Crippen molar-refractivity contribution >= 4 is 22.9 Å². The van der Waals surface area contributed by atoms with Crippen molar-refractivity contribution in [2.45, 2.75) is 38.0 Å². The van der Waals surface area contributed by atoms with Gasteiger partial charge in [-0.25, -0.2) is 0 Å². The van der Waals surface area contributed by atoms with Gasteiger partial charge in [0.05, 0.1) is 16.8 Å². The molecular formula is C26H23NO3. The first-order chi connectivity index (χ1) is 14.6. The molecule has 5 rings (SSSR count). The van der Waals surface area contributed by atoms with Gasteiger partial charge in [0.1, 0.15) is 5.75 Å². The van der Waals surface area contributed by atoms with E-state index in [9.17, 15) is 14.7 Å². The van der Waals surface area contributed by atoms with Gasteiger partial charge >= 0.3 is 0 Å². The molecule has 0 saturated heterocycles. The molecule has 1 saturated carbocycles. The molecule has 0 bridgehead atoms. The molecule has 0 amide bonds. The average Bonchev–Trinajstić information content (AvgIpc) is 2.79. The lowest BCUT2D eigenvalue weighted by molar-refractivity contribution is 0.0977. The Balaban J connectivity index is 1.49. The Morgan fingerprint density at radius 2 is 1.37 bits per heavy atom. The van der Waals surface area contributed by atoms with Gasteiger partial charge in [-0.3, -0.25) is 9.59 Å². The normalized spacial score (nSPS) is 16.1. The maximum atomic E-state index is 13.2. The standard InChI is InChI=1S/C26H23NO3/c28-22-15-14-21(23-24(22)26(30)20-9-5-4-8-19(20)25(23)29)27-18-12-10-17(11-13-18)16-6-2-1-3-7-16/h4-5,8-16,27-28H,1-3,6-7H2. The Bertz CT molecular complexity index is 1140. The van der Waals surface area contributed by atoms with Crippen molar-refractivity contribution in [3.63, 3.8) is 0 Å². The summed E-state index contributed by atoms with van der Waals surface area (Å²) in [6, 6.07) is 18.2. The molecule has 3 aromatic rings. The molecule has 4 heteroatoms. The zero-order chi connectivity index (χ0) is 20.7. The lowest BCUT2D eigenvalue weighted by Gasteiger charge is -2.23. The lowest BCUT2D eigenvalue weighted by Crippen LogP contribution is -2.22. The number of phenolic OH excluding ortho intramolecular Hbond substituents is 1. The van der Waals surface area contributed by atoms with E-state index in [1.807, 2.05) is 12.1 Å². The average molecular weight is 397 g/mol. The molecule has 0 unspecified atom stereocenters. The number of anilines is 2. The van der Waals surface area contributed by atoms with Crippen LogP contribution in [0, 0.1) is 0 Å². The first-order valence-electron chi connectivity index (χ1n) is 10.5. The van der Waals surface area contributed by atoms with Crippen molar-refractivity contribution in [1.82, 2.24) is 0 Å². The fraction of sp³-hybridized carbons (Fsp3) is 0.231. The van der Waals surface area contributed by atoms with Gasteiger partial charge in [-0.15, -0.1) is 0 Å². The summed E-state index contributed by atoms with van der Waals surface area (Å²) in [6.07, 6.45) is 6.41. The Hall–Kier alpha value is -3.40. The highest BCUT2D eigenvalue weighted by molar-refractivity contribution is 6.31. The molecule has 4 nitrogen and oxygen atoms in total. The zero-order valence-electron chi connectivity index (χ0n) is 16.7. The second-order valence-corrected chi connectivity index (χ2v) is 8.17. The van der Waals surface area contributed by atoms with E-state index in [1.165, 1.54) is 43.7 Å². The number of benzene rings is 3. The van der Waals surface area contributed by atoms with Crippen molar-refractivity contribution in [2.75, 3.05) is 5.32 Å². The van der Waals surface area contributed by atoms with Crippen LogP contribution < -0.4 is 5.32 Å². The summed E-state index contributed by atoms with van der Waals surface area (Å²) in [4.78, 5) is 26.1. The molecule has 2 N–H and O–H groups in total. The van der Waals surface area contributed by atoms with E-state index in [4.69, 9.17) is 0 Å². The van der Waals surface area contributed by atoms with E-state index in [0.29, 0.717) is 22.7 Å². The topological polar surface area (TPSA) is 66.4 Å². The van der Waals surface area contributed by atoms with E-state index in [0.717, 1.165) is 5.69 Å². The first-order valence-corrected chi connectivity index (χ1v) is 10.5. The monoisotopic (exact) mass is 397 g/mol. The number of phenols is 1. The Morgan fingerprint density at radius 1 is 0.733 bits per heavy atom. The maximum Gasteiger partial charge on any atom is 0.198 e. The summed E-state index contributed by atoms with van der Waals surface area (Å²) in [6.45, 7) is 0. The minimum absolute atomic E-state index is 0.0718. The van der Waals surface area contributed by atoms with Crippen LogP contribution in [0.1, 0.15) is 75.4 Å². The van der Waals surface area contributed by atoms with Crippen LogP contribution in [0.2, 0.25) is 0 Å². The molecule has 150 valence electrons. The van der Waals surface area contributed by atoms with E-state index >= 15 is 0 Å². The van der Waals surface area contributed by atoms with Crippen molar-refractivity contribution in [2.24, 2.45) is 0 Å². The number of ketones is 2.